The Kier molecular flexibility index (Phi) is 5.89. The maximum Gasteiger partial charge on any atom is 0.272 e. The quantitative estimate of drug-likeness (QED) is 0.745. The molecule has 1 N–H and O–H groups in total. The highest BCUT2D eigenvalue weighted by Gasteiger charge is 2.41. The van der Waals surface area contributed by atoms with Gasteiger partial charge in [-0.05, 0) is 30.7 Å². The molecule has 0 saturated heterocycles. The molecule has 2 aromatic rings. The standard InChI is InChI=1S/C20H18ClNO4S/c1-12-3-5-13(6-4-12)17-18(27-10-9-23)20(25)22(19(17)24)15-11-14(21)7-8-16(15)26-2/h3-8,11,23H,9-10H2,1-2H3. The number of benzene rings is 2. The molecule has 0 aliphatic carbocycles. The van der Waals surface area contributed by atoms with Crippen LogP contribution in [0, 0.1) is 6.92 Å². The number of hydrogen-bond acceptors (Lipinski definition) is 5. The number of ether oxygens (including phenoxy) is 1. The van der Waals surface area contributed by atoms with Crippen LogP contribution in [-0.2, 0) is 9.59 Å². The lowest BCUT2D eigenvalue weighted by molar-refractivity contribution is -0.119. The molecule has 0 bridgehead atoms. The molecule has 1 heterocycles. The van der Waals surface area contributed by atoms with Gasteiger partial charge in [-0.2, -0.15) is 0 Å². The van der Waals surface area contributed by atoms with Gasteiger partial charge in [0.1, 0.15) is 5.75 Å². The summed E-state index contributed by atoms with van der Waals surface area (Å²) in [5.74, 6) is -0.207. The first-order valence-corrected chi connectivity index (χ1v) is 9.61. The first-order valence-electron chi connectivity index (χ1n) is 8.25. The van der Waals surface area contributed by atoms with Crippen LogP contribution in [0.1, 0.15) is 11.1 Å². The highest BCUT2D eigenvalue weighted by Crippen LogP contribution is 2.42. The molecule has 0 unspecified atom stereocenters. The van der Waals surface area contributed by atoms with E-state index in [1.54, 1.807) is 12.1 Å². The summed E-state index contributed by atoms with van der Waals surface area (Å²) in [5.41, 5.74) is 2.32. The number of thioether (sulfide) groups is 1. The second-order valence-corrected chi connectivity index (χ2v) is 7.45. The van der Waals surface area contributed by atoms with Crippen molar-refractivity contribution in [3.05, 3.63) is 63.5 Å². The van der Waals surface area contributed by atoms with Gasteiger partial charge in [0.05, 0.1) is 29.9 Å². The number of aliphatic hydroxyl groups excluding tert-OH is 1. The minimum atomic E-state index is -0.449. The molecule has 0 aromatic heterocycles. The number of hydrogen-bond donors (Lipinski definition) is 1. The molecule has 3 rings (SSSR count). The smallest absolute Gasteiger partial charge is 0.272 e. The van der Waals surface area contributed by atoms with Crippen LogP contribution in [0.4, 0.5) is 5.69 Å². The van der Waals surface area contributed by atoms with E-state index < -0.39 is 11.8 Å². The van der Waals surface area contributed by atoms with Crippen molar-refractivity contribution in [3.8, 4) is 5.75 Å². The fourth-order valence-electron chi connectivity index (χ4n) is 2.82. The van der Waals surface area contributed by atoms with Gasteiger partial charge in [-0.15, -0.1) is 11.8 Å². The molecule has 0 fully saturated rings. The van der Waals surface area contributed by atoms with Crippen molar-refractivity contribution >= 4 is 46.4 Å². The van der Waals surface area contributed by atoms with Crippen LogP contribution in [-0.4, -0.2) is 36.4 Å². The Morgan fingerprint density at radius 1 is 1.11 bits per heavy atom. The Bertz CT molecular complexity index is 924. The van der Waals surface area contributed by atoms with Crippen LogP contribution in [0.25, 0.3) is 5.57 Å². The molecule has 27 heavy (non-hydrogen) atoms. The topological polar surface area (TPSA) is 66.8 Å². The van der Waals surface area contributed by atoms with Crippen molar-refractivity contribution in [2.75, 3.05) is 24.4 Å². The molecule has 5 nitrogen and oxygen atoms in total. The van der Waals surface area contributed by atoms with E-state index in [0.717, 1.165) is 22.2 Å². The van der Waals surface area contributed by atoms with E-state index in [9.17, 15) is 14.7 Å². The van der Waals surface area contributed by atoms with Crippen LogP contribution in [0.15, 0.2) is 47.4 Å². The van der Waals surface area contributed by atoms with Gasteiger partial charge in [0, 0.05) is 10.8 Å². The lowest BCUT2D eigenvalue weighted by Gasteiger charge is -2.18. The van der Waals surface area contributed by atoms with Gasteiger partial charge in [-0.3, -0.25) is 9.59 Å². The monoisotopic (exact) mass is 403 g/mol. The Hall–Kier alpha value is -2.28. The first-order chi connectivity index (χ1) is 13.0. The van der Waals surface area contributed by atoms with Crippen molar-refractivity contribution < 1.29 is 19.4 Å². The maximum atomic E-state index is 13.2. The molecule has 0 saturated carbocycles. The van der Waals surface area contributed by atoms with Crippen molar-refractivity contribution in [2.45, 2.75) is 6.92 Å². The number of carbonyl (C=O) groups is 2. The van der Waals surface area contributed by atoms with Crippen molar-refractivity contribution in [1.29, 1.82) is 0 Å². The summed E-state index contributed by atoms with van der Waals surface area (Å²) in [6, 6.07) is 12.2. The largest absolute Gasteiger partial charge is 0.495 e. The molecular formula is C20H18ClNO4S. The normalized spacial score (nSPS) is 14.3. The van der Waals surface area contributed by atoms with Crippen LogP contribution in [0.2, 0.25) is 5.02 Å². The number of amides is 2. The zero-order valence-corrected chi connectivity index (χ0v) is 16.4. The van der Waals surface area contributed by atoms with Gasteiger partial charge in [0.2, 0.25) is 0 Å². The third-order valence-corrected chi connectivity index (χ3v) is 5.39. The SMILES string of the molecule is COc1ccc(Cl)cc1N1C(=O)C(SCCO)=C(c2ccc(C)cc2)C1=O. The fourth-order valence-corrected chi connectivity index (χ4v) is 3.85. The van der Waals surface area contributed by atoms with E-state index in [-0.39, 0.29) is 6.61 Å². The lowest BCUT2D eigenvalue weighted by atomic mass is 10.0. The van der Waals surface area contributed by atoms with E-state index in [1.165, 1.54) is 13.2 Å². The number of methoxy groups -OCH3 is 1. The number of anilines is 1. The summed E-state index contributed by atoms with van der Waals surface area (Å²) >= 11 is 7.24. The molecule has 2 aromatic carbocycles. The van der Waals surface area contributed by atoms with E-state index in [4.69, 9.17) is 16.3 Å². The van der Waals surface area contributed by atoms with Gasteiger partial charge in [0.15, 0.2) is 0 Å². The number of halogens is 1. The predicted octanol–water partition coefficient (Wildman–Crippen LogP) is 3.67. The van der Waals surface area contributed by atoms with E-state index >= 15 is 0 Å². The molecule has 7 heteroatoms. The zero-order chi connectivity index (χ0) is 19.6. The predicted molar refractivity (Wildman–Crippen MR) is 108 cm³/mol. The highest BCUT2D eigenvalue weighted by atomic mass is 35.5. The van der Waals surface area contributed by atoms with Gasteiger partial charge < -0.3 is 9.84 Å². The number of aliphatic hydroxyl groups is 1. The third-order valence-electron chi connectivity index (χ3n) is 4.10. The minimum absolute atomic E-state index is 0.0999. The third kappa shape index (κ3) is 3.74. The van der Waals surface area contributed by atoms with Gasteiger partial charge in [-0.1, -0.05) is 41.4 Å². The molecule has 1 aliphatic heterocycles. The second-order valence-electron chi connectivity index (χ2n) is 5.90. The lowest BCUT2D eigenvalue weighted by Crippen LogP contribution is -2.31. The van der Waals surface area contributed by atoms with E-state index in [0.29, 0.717) is 38.3 Å². The average molecular weight is 404 g/mol. The number of nitrogens with zero attached hydrogens (tertiary/aromatic N) is 1. The Morgan fingerprint density at radius 3 is 2.44 bits per heavy atom. The van der Waals surface area contributed by atoms with Crippen molar-refractivity contribution in [3.63, 3.8) is 0 Å². The van der Waals surface area contributed by atoms with Gasteiger partial charge >= 0.3 is 0 Å². The molecule has 140 valence electrons. The average Bonchev–Trinajstić information content (AvgIpc) is 2.90. The molecule has 1 aliphatic rings. The van der Waals surface area contributed by atoms with Crippen molar-refractivity contribution in [1.82, 2.24) is 0 Å². The Morgan fingerprint density at radius 2 is 1.81 bits per heavy atom. The summed E-state index contributed by atoms with van der Waals surface area (Å²) in [7, 11) is 1.47. The number of aryl methyl sites for hydroxylation is 1. The number of imide groups is 1. The van der Waals surface area contributed by atoms with E-state index in [2.05, 4.69) is 0 Å². The number of rotatable bonds is 6. The first kappa shape index (κ1) is 19.5. The van der Waals surface area contributed by atoms with Crippen molar-refractivity contribution in [2.24, 2.45) is 0 Å². The summed E-state index contributed by atoms with van der Waals surface area (Å²) in [6.45, 7) is 1.85. The molecular weight excluding hydrogens is 386 g/mol. The molecule has 2 amide bonds. The highest BCUT2D eigenvalue weighted by molar-refractivity contribution is 8.04. The van der Waals surface area contributed by atoms with Crippen LogP contribution in [0.5, 0.6) is 5.75 Å². The second kappa shape index (κ2) is 8.17. The maximum absolute atomic E-state index is 13.2. The van der Waals surface area contributed by atoms with E-state index in [1.807, 2.05) is 31.2 Å². The summed E-state index contributed by atoms with van der Waals surface area (Å²) in [4.78, 5) is 27.7. The Labute approximate surface area is 166 Å². The van der Waals surface area contributed by atoms with Gasteiger partial charge in [-0.25, -0.2) is 4.90 Å². The zero-order valence-electron chi connectivity index (χ0n) is 14.9. The Balaban J connectivity index is 2.12. The molecule has 0 atom stereocenters. The van der Waals surface area contributed by atoms with Crippen LogP contribution in [0.3, 0.4) is 0 Å². The molecule has 0 radical (unpaired) electrons. The summed E-state index contributed by atoms with van der Waals surface area (Å²) < 4.78 is 5.31. The van der Waals surface area contributed by atoms with Crippen LogP contribution >= 0.6 is 23.4 Å². The number of carbonyl (C=O) groups excluding carboxylic acids is 2. The van der Waals surface area contributed by atoms with Crippen LogP contribution < -0.4 is 9.64 Å². The minimum Gasteiger partial charge on any atom is -0.495 e. The summed E-state index contributed by atoms with van der Waals surface area (Å²) in [6.07, 6.45) is 0. The summed E-state index contributed by atoms with van der Waals surface area (Å²) in [5, 5.41) is 9.57. The van der Waals surface area contributed by atoms with Gasteiger partial charge in [0.25, 0.3) is 11.8 Å². The molecule has 0 spiro atoms. The fraction of sp³-hybridized carbons (Fsp3) is 0.200.